The van der Waals surface area contributed by atoms with Crippen LogP contribution in [0.4, 0.5) is 0 Å². The van der Waals surface area contributed by atoms with Crippen molar-refractivity contribution in [2.24, 2.45) is 0 Å². The van der Waals surface area contributed by atoms with Crippen molar-refractivity contribution in [3.05, 3.63) is 75.7 Å². The average Bonchev–Trinajstić information content (AvgIpc) is 3.31. The molecular weight excluding hydrogens is 406 g/mol. The van der Waals surface area contributed by atoms with E-state index in [0.29, 0.717) is 17.1 Å². The maximum absolute atomic E-state index is 12.5. The third-order valence-corrected chi connectivity index (χ3v) is 6.63. The number of ether oxygens (including phenoxy) is 1. The quantitative estimate of drug-likeness (QED) is 0.398. The third-order valence-electron chi connectivity index (χ3n) is 4.51. The van der Waals surface area contributed by atoms with Gasteiger partial charge in [0.2, 0.25) is 0 Å². The van der Waals surface area contributed by atoms with Crippen molar-refractivity contribution < 1.29 is 9.53 Å². The summed E-state index contributed by atoms with van der Waals surface area (Å²) in [6, 6.07) is 17.0. The number of para-hydroxylation sites is 2. The number of thiazole rings is 2. The van der Waals surface area contributed by atoms with Crippen LogP contribution in [0.2, 0.25) is 0 Å². The fourth-order valence-electron chi connectivity index (χ4n) is 3.16. The highest BCUT2D eigenvalue weighted by atomic mass is 32.1. The van der Waals surface area contributed by atoms with Gasteiger partial charge in [-0.1, -0.05) is 35.6 Å². The van der Waals surface area contributed by atoms with Crippen LogP contribution in [0.15, 0.2) is 59.4 Å². The number of rotatable bonds is 5. The molecule has 3 aromatic heterocycles. The number of esters is 1. The molecule has 0 aliphatic heterocycles. The summed E-state index contributed by atoms with van der Waals surface area (Å²) in [5, 5.41) is 0.909. The van der Waals surface area contributed by atoms with Crippen LogP contribution in [0.5, 0.6) is 0 Å². The largest absolute Gasteiger partial charge is 0.459 e. The van der Waals surface area contributed by atoms with Crippen molar-refractivity contribution in [2.45, 2.75) is 19.4 Å². The smallest absolute Gasteiger partial charge is 0.306 e. The number of carbonyl (C=O) groups excluding carboxylic acids is 1. The first-order valence-electron chi connectivity index (χ1n) is 9.08. The molecular formula is C21H15N3O3S2. The molecule has 5 rings (SSSR count). The highest BCUT2D eigenvalue weighted by Gasteiger charge is 2.12. The topological polar surface area (TPSA) is 73.6 Å². The van der Waals surface area contributed by atoms with Crippen LogP contribution < -0.4 is 5.56 Å². The summed E-state index contributed by atoms with van der Waals surface area (Å²) in [6.45, 7) is -0.0152. The SMILES string of the molecule is O=C(CCc1nc2ccccc2s1)OCc1cc(=O)n2c(n1)sc1ccccc12. The summed E-state index contributed by atoms with van der Waals surface area (Å²) in [4.78, 5) is 34.2. The molecule has 0 radical (unpaired) electrons. The van der Waals surface area contributed by atoms with E-state index in [4.69, 9.17) is 4.74 Å². The molecule has 0 N–H and O–H groups in total. The van der Waals surface area contributed by atoms with Crippen molar-refractivity contribution in [1.29, 1.82) is 0 Å². The molecule has 0 aliphatic carbocycles. The van der Waals surface area contributed by atoms with E-state index in [1.54, 1.807) is 15.7 Å². The van der Waals surface area contributed by atoms with Crippen LogP contribution in [0.3, 0.4) is 0 Å². The minimum atomic E-state index is -0.331. The van der Waals surface area contributed by atoms with E-state index in [-0.39, 0.29) is 24.6 Å². The van der Waals surface area contributed by atoms with Crippen molar-refractivity contribution in [1.82, 2.24) is 14.4 Å². The van der Waals surface area contributed by atoms with Crippen LogP contribution in [-0.2, 0) is 22.6 Å². The lowest BCUT2D eigenvalue weighted by atomic mass is 10.3. The van der Waals surface area contributed by atoms with E-state index in [1.165, 1.54) is 17.4 Å². The van der Waals surface area contributed by atoms with Crippen LogP contribution in [0.1, 0.15) is 17.1 Å². The fourth-order valence-corrected chi connectivity index (χ4v) is 5.18. The second-order valence-electron chi connectivity index (χ2n) is 6.51. The van der Waals surface area contributed by atoms with E-state index in [0.717, 1.165) is 25.4 Å². The highest BCUT2D eigenvalue weighted by molar-refractivity contribution is 7.23. The van der Waals surface area contributed by atoms with E-state index >= 15 is 0 Å². The zero-order valence-corrected chi connectivity index (χ0v) is 16.8. The van der Waals surface area contributed by atoms with Gasteiger partial charge in [0, 0.05) is 12.5 Å². The molecule has 8 heteroatoms. The van der Waals surface area contributed by atoms with Crippen LogP contribution >= 0.6 is 22.7 Å². The number of hydrogen-bond acceptors (Lipinski definition) is 7. The van der Waals surface area contributed by atoms with Crippen molar-refractivity contribution in [3.63, 3.8) is 0 Å². The number of hydrogen-bond donors (Lipinski definition) is 0. The maximum atomic E-state index is 12.5. The molecule has 6 nitrogen and oxygen atoms in total. The third kappa shape index (κ3) is 3.52. The van der Waals surface area contributed by atoms with E-state index in [2.05, 4.69) is 9.97 Å². The molecule has 0 saturated carbocycles. The summed E-state index contributed by atoms with van der Waals surface area (Å²) in [5.74, 6) is -0.331. The summed E-state index contributed by atoms with van der Waals surface area (Å²) >= 11 is 3.02. The lowest BCUT2D eigenvalue weighted by Gasteiger charge is -2.04. The molecule has 0 atom stereocenters. The molecule has 3 heterocycles. The van der Waals surface area contributed by atoms with Gasteiger partial charge in [-0.2, -0.15) is 0 Å². The summed E-state index contributed by atoms with van der Waals surface area (Å²) in [5.41, 5.74) is 2.06. The molecule has 2 aromatic carbocycles. The van der Waals surface area contributed by atoms with Gasteiger partial charge in [-0.05, 0) is 24.3 Å². The molecule has 0 saturated heterocycles. The standard InChI is InChI=1S/C21H15N3O3S2/c25-19-11-13(22-21-24(19)15-6-2-4-8-17(15)29-21)12-27-20(26)10-9-18-23-14-5-1-3-7-16(14)28-18/h1-8,11H,9-10,12H2. The van der Waals surface area contributed by atoms with Gasteiger partial charge in [-0.3, -0.25) is 14.0 Å². The summed E-state index contributed by atoms with van der Waals surface area (Å²) < 4.78 is 9.01. The molecule has 0 aliphatic rings. The second-order valence-corrected chi connectivity index (χ2v) is 8.63. The van der Waals surface area contributed by atoms with Gasteiger partial charge in [0.15, 0.2) is 4.96 Å². The van der Waals surface area contributed by atoms with Gasteiger partial charge < -0.3 is 4.74 Å². The molecule has 144 valence electrons. The monoisotopic (exact) mass is 421 g/mol. The Labute approximate surface area is 173 Å². The number of fused-ring (bicyclic) bond motifs is 4. The minimum Gasteiger partial charge on any atom is -0.459 e. The van der Waals surface area contributed by atoms with Crippen molar-refractivity contribution in [2.75, 3.05) is 0 Å². The van der Waals surface area contributed by atoms with Crippen LogP contribution in [-0.4, -0.2) is 20.3 Å². The number of aromatic nitrogens is 3. The number of carbonyl (C=O) groups is 1. The Bertz CT molecular complexity index is 1380. The van der Waals surface area contributed by atoms with Gasteiger partial charge in [0.25, 0.3) is 5.56 Å². The molecule has 5 aromatic rings. The lowest BCUT2D eigenvalue weighted by Crippen LogP contribution is -2.15. The summed E-state index contributed by atoms with van der Waals surface area (Å²) in [6.07, 6.45) is 0.771. The predicted octanol–water partition coefficient (Wildman–Crippen LogP) is 4.19. The van der Waals surface area contributed by atoms with Crippen LogP contribution in [0, 0.1) is 0 Å². The Kier molecular flexibility index (Phi) is 4.57. The normalized spacial score (nSPS) is 11.4. The second kappa shape index (κ2) is 7.38. The first-order valence-corrected chi connectivity index (χ1v) is 10.7. The van der Waals surface area contributed by atoms with E-state index in [1.807, 2.05) is 48.5 Å². The Morgan fingerprint density at radius 2 is 1.79 bits per heavy atom. The Morgan fingerprint density at radius 1 is 1.00 bits per heavy atom. The van der Waals surface area contributed by atoms with Crippen molar-refractivity contribution in [3.8, 4) is 0 Å². The van der Waals surface area contributed by atoms with Gasteiger partial charge >= 0.3 is 5.97 Å². The lowest BCUT2D eigenvalue weighted by molar-refractivity contribution is -0.145. The Hall–Kier alpha value is -3.10. The van der Waals surface area contributed by atoms with Gasteiger partial charge in [-0.15, -0.1) is 11.3 Å². The average molecular weight is 422 g/mol. The zero-order valence-electron chi connectivity index (χ0n) is 15.2. The minimum absolute atomic E-state index is 0.0152. The van der Waals surface area contributed by atoms with Gasteiger partial charge in [0.05, 0.1) is 37.6 Å². The highest BCUT2D eigenvalue weighted by Crippen LogP contribution is 2.24. The van der Waals surface area contributed by atoms with Gasteiger partial charge in [-0.25, -0.2) is 9.97 Å². The summed E-state index contributed by atoms with van der Waals surface area (Å²) in [7, 11) is 0. The first-order chi connectivity index (χ1) is 14.2. The molecule has 0 unspecified atom stereocenters. The first kappa shape index (κ1) is 18.0. The fraction of sp³-hybridized carbons (Fsp3) is 0.143. The molecule has 29 heavy (non-hydrogen) atoms. The molecule has 0 amide bonds. The predicted molar refractivity (Wildman–Crippen MR) is 115 cm³/mol. The number of benzene rings is 2. The Morgan fingerprint density at radius 3 is 2.66 bits per heavy atom. The molecule has 0 spiro atoms. The van der Waals surface area contributed by atoms with E-state index < -0.39 is 0 Å². The Balaban J connectivity index is 1.26. The number of nitrogens with zero attached hydrogens (tertiary/aromatic N) is 3. The number of aryl methyl sites for hydroxylation is 1. The van der Waals surface area contributed by atoms with Gasteiger partial charge in [0.1, 0.15) is 6.61 Å². The molecule has 0 bridgehead atoms. The maximum Gasteiger partial charge on any atom is 0.306 e. The molecule has 0 fully saturated rings. The zero-order chi connectivity index (χ0) is 19.8. The van der Waals surface area contributed by atoms with Crippen molar-refractivity contribution >= 4 is 54.0 Å². The van der Waals surface area contributed by atoms with Crippen LogP contribution in [0.25, 0.3) is 25.4 Å². The van der Waals surface area contributed by atoms with E-state index in [9.17, 15) is 9.59 Å².